The van der Waals surface area contributed by atoms with Crippen LogP contribution in [0.15, 0.2) is 82.2 Å². The molecule has 3 aromatic carbocycles. The van der Waals surface area contributed by atoms with Crippen molar-refractivity contribution in [2.45, 2.75) is 4.90 Å². The molecule has 0 aromatic heterocycles. The molecule has 1 amide bonds. The molecular weight excluding hydrogens is 460 g/mol. The van der Waals surface area contributed by atoms with Crippen molar-refractivity contribution in [2.75, 3.05) is 10.0 Å². The summed E-state index contributed by atoms with van der Waals surface area (Å²) in [4.78, 5) is 23.6. The SMILES string of the molecule is O=C(Nc1ccccc1C(=O)[O-])c1cccc(S(=O)(=O)Nc2cccc(Br)c2)c1. The van der Waals surface area contributed by atoms with Gasteiger partial charge in [0.1, 0.15) is 0 Å². The number of aromatic carboxylic acids is 1. The molecule has 0 heterocycles. The van der Waals surface area contributed by atoms with E-state index in [4.69, 9.17) is 0 Å². The Morgan fingerprint density at radius 3 is 2.34 bits per heavy atom. The van der Waals surface area contributed by atoms with Gasteiger partial charge in [0.05, 0.1) is 16.6 Å². The number of para-hydroxylation sites is 1. The average molecular weight is 474 g/mol. The minimum absolute atomic E-state index is 0.0512. The van der Waals surface area contributed by atoms with Crippen molar-refractivity contribution in [3.05, 3.63) is 88.4 Å². The van der Waals surface area contributed by atoms with Crippen molar-refractivity contribution in [3.8, 4) is 0 Å². The van der Waals surface area contributed by atoms with Gasteiger partial charge in [0.2, 0.25) is 0 Å². The van der Waals surface area contributed by atoms with E-state index >= 15 is 0 Å². The van der Waals surface area contributed by atoms with Gasteiger partial charge in [-0.05, 0) is 42.5 Å². The second kappa shape index (κ2) is 8.46. The number of nitrogens with one attached hydrogen (secondary N) is 2. The summed E-state index contributed by atoms with van der Waals surface area (Å²) in [5.41, 5.74) is 0.284. The van der Waals surface area contributed by atoms with E-state index in [1.54, 1.807) is 30.3 Å². The van der Waals surface area contributed by atoms with Crippen LogP contribution in [0.4, 0.5) is 11.4 Å². The molecule has 0 aliphatic heterocycles. The number of hydrogen-bond acceptors (Lipinski definition) is 5. The molecule has 9 heteroatoms. The smallest absolute Gasteiger partial charge is 0.261 e. The summed E-state index contributed by atoms with van der Waals surface area (Å²) < 4.78 is 28.4. The Kier molecular flexibility index (Phi) is 6.00. The molecule has 0 atom stereocenters. The van der Waals surface area contributed by atoms with E-state index in [0.29, 0.717) is 10.2 Å². The van der Waals surface area contributed by atoms with E-state index in [1.807, 2.05) is 0 Å². The molecule has 3 aromatic rings. The molecule has 7 nitrogen and oxygen atoms in total. The number of halogens is 1. The summed E-state index contributed by atoms with van der Waals surface area (Å²) >= 11 is 3.27. The third kappa shape index (κ3) is 5.01. The van der Waals surface area contributed by atoms with E-state index in [-0.39, 0.29) is 21.7 Å². The number of amides is 1. The van der Waals surface area contributed by atoms with Gasteiger partial charge in [-0.2, -0.15) is 0 Å². The molecule has 0 saturated heterocycles. The van der Waals surface area contributed by atoms with E-state index in [0.717, 1.165) is 0 Å². The van der Waals surface area contributed by atoms with Crippen molar-refractivity contribution >= 4 is 49.2 Å². The number of carbonyl (C=O) groups is 2. The first kappa shape index (κ1) is 20.6. The summed E-state index contributed by atoms with van der Waals surface area (Å²) in [5.74, 6) is -2.09. The van der Waals surface area contributed by atoms with Crippen molar-refractivity contribution < 1.29 is 23.1 Å². The highest BCUT2D eigenvalue weighted by atomic mass is 79.9. The van der Waals surface area contributed by atoms with Gasteiger partial charge >= 0.3 is 0 Å². The van der Waals surface area contributed by atoms with Crippen LogP contribution in [0.2, 0.25) is 0 Å². The fourth-order valence-corrected chi connectivity index (χ4v) is 4.03. The quantitative estimate of drug-likeness (QED) is 0.570. The van der Waals surface area contributed by atoms with Crippen LogP contribution in [-0.2, 0) is 10.0 Å². The topological polar surface area (TPSA) is 115 Å². The molecule has 0 radical (unpaired) electrons. The fraction of sp³-hybridized carbons (Fsp3) is 0. The first-order valence-corrected chi connectivity index (χ1v) is 10.5. The lowest BCUT2D eigenvalue weighted by atomic mass is 10.1. The van der Waals surface area contributed by atoms with Crippen LogP contribution in [0.5, 0.6) is 0 Å². The normalized spacial score (nSPS) is 10.9. The molecule has 0 spiro atoms. The van der Waals surface area contributed by atoms with Crippen LogP contribution in [-0.4, -0.2) is 20.3 Å². The fourth-order valence-electron chi connectivity index (χ4n) is 2.54. The highest BCUT2D eigenvalue weighted by Gasteiger charge is 2.17. The molecule has 3 rings (SSSR count). The Bertz CT molecular complexity index is 1190. The second-order valence-electron chi connectivity index (χ2n) is 5.93. The number of hydrogen-bond donors (Lipinski definition) is 2. The van der Waals surface area contributed by atoms with Crippen LogP contribution >= 0.6 is 15.9 Å². The Labute approximate surface area is 175 Å². The molecule has 29 heavy (non-hydrogen) atoms. The average Bonchev–Trinajstić information content (AvgIpc) is 2.68. The van der Waals surface area contributed by atoms with E-state index in [2.05, 4.69) is 26.0 Å². The second-order valence-corrected chi connectivity index (χ2v) is 8.53. The number of carboxylic acids is 1. The van der Waals surface area contributed by atoms with Crippen molar-refractivity contribution in [1.29, 1.82) is 0 Å². The monoisotopic (exact) mass is 473 g/mol. The minimum Gasteiger partial charge on any atom is -0.545 e. The van der Waals surface area contributed by atoms with Crippen LogP contribution in [0.1, 0.15) is 20.7 Å². The van der Waals surface area contributed by atoms with Gasteiger partial charge in [-0.1, -0.05) is 46.3 Å². The molecule has 0 aliphatic carbocycles. The van der Waals surface area contributed by atoms with Crippen LogP contribution in [0.3, 0.4) is 0 Å². The number of carbonyl (C=O) groups excluding carboxylic acids is 2. The van der Waals surface area contributed by atoms with Gasteiger partial charge in [-0.3, -0.25) is 9.52 Å². The van der Waals surface area contributed by atoms with E-state index in [1.165, 1.54) is 42.5 Å². The standard InChI is InChI=1S/C20H15BrN2O5S/c21-14-6-4-7-15(12-14)23-29(27,28)16-8-3-5-13(11-16)19(24)22-18-10-2-1-9-17(18)20(25)26/h1-12,23H,(H,22,24)(H,25,26)/p-1. The summed E-state index contributed by atoms with van der Waals surface area (Å²) in [6, 6.07) is 17.8. The Morgan fingerprint density at radius 1 is 0.897 bits per heavy atom. The zero-order valence-electron chi connectivity index (χ0n) is 14.8. The maximum absolute atomic E-state index is 12.6. The summed E-state index contributed by atoms with van der Waals surface area (Å²) in [5, 5.41) is 13.6. The Balaban J connectivity index is 1.85. The van der Waals surface area contributed by atoms with Crippen molar-refractivity contribution in [3.63, 3.8) is 0 Å². The first-order valence-electron chi connectivity index (χ1n) is 8.26. The van der Waals surface area contributed by atoms with Gasteiger partial charge in [-0.25, -0.2) is 8.42 Å². The highest BCUT2D eigenvalue weighted by Crippen LogP contribution is 2.21. The predicted octanol–water partition coefficient (Wildman–Crippen LogP) is 2.87. The summed E-state index contributed by atoms with van der Waals surface area (Å²) in [6.45, 7) is 0. The highest BCUT2D eigenvalue weighted by molar-refractivity contribution is 9.10. The number of anilines is 2. The maximum atomic E-state index is 12.6. The van der Waals surface area contributed by atoms with Crippen LogP contribution in [0, 0.1) is 0 Å². The number of rotatable bonds is 6. The Hall–Kier alpha value is -3.17. The molecule has 148 valence electrons. The van der Waals surface area contributed by atoms with Crippen molar-refractivity contribution in [1.82, 2.24) is 0 Å². The third-order valence-electron chi connectivity index (χ3n) is 3.88. The molecule has 2 N–H and O–H groups in total. The van der Waals surface area contributed by atoms with E-state index < -0.39 is 21.9 Å². The molecule has 0 fully saturated rings. The van der Waals surface area contributed by atoms with Crippen LogP contribution < -0.4 is 15.1 Å². The lowest BCUT2D eigenvalue weighted by Gasteiger charge is -2.12. The van der Waals surface area contributed by atoms with Crippen LogP contribution in [0.25, 0.3) is 0 Å². The van der Waals surface area contributed by atoms with Gasteiger partial charge in [0.25, 0.3) is 15.9 Å². The number of carboxylic acid groups (broad SMARTS) is 1. The van der Waals surface area contributed by atoms with Gasteiger partial charge in [0, 0.05) is 21.3 Å². The molecule has 0 aliphatic rings. The molecule has 0 saturated carbocycles. The summed E-state index contributed by atoms with van der Waals surface area (Å²) in [7, 11) is -3.94. The van der Waals surface area contributed by atoms with Gasteiger partial charge in [0.15, 0.2) is 0 Å². The lowest BCUT2D eigenvalue weighted by Crippen LogP contribution is -2.24. The molecule has 0 unspecified atom stereocenters. The van der Waals surface area contributed by atoms with Gasteiger partial charge in [-0.15, -0.1) is 0 Å². The Morgan fingerprint density at radius 2 is 1.62 bits per heavy atom. The zero-order valence-corrected chi connectivity index (χ0v) is 17.2. The molecular formula is C20H14BrN2O5S-. The number of sulfonamides is 1. The largest absolute Gasteiger partial charge is 0.545 e. The molecule has 0 bridgehead atoms. The maximum Gasteiger partial charge on any atom is 0.261 e. The predicted molar refractivity (Wildman–Crippen MR) is 110 cm³/mol. The van der Waals surface area contributed by atoms with E-state index in [9.17, 15) is 23.1 Å². The minimum atomic E-state index is -3.94. The summed E-state index contributed by atoms with van der Waals surface area (Å²) in [6.07, 6.45) is 0. The first-order chi connectivity index (χ1) is 13.8. The van der Waals surface area contributed by atoms with Gasteiger partial charge < -0.3 is 15.2 Å². The number of benzene rings is 3. The zero-order chi connectivity index (χ0) is 21.0. The third-order valence-corrected chi connectivity index (χ3v) is 5.75. The lowest BCUT2D eigenvalue weighted by molar-refractivity contribution is -0.254. The van der Waals surface area contributed by atoms with Crippen molar-refractivity contribution in [2.24, 2.45) is 0 Å².